The fourth-order valence-electron chi connectivity index (χ4n) is 3.58. The summed E-state index contributed by atoms with van der Waals surface area (Å²) in [5.41, 5.74) is 2.71. The molecule has 0 spiro atoms. The summed E-state index contributed by atoms with van der Waals surface area (Å²) < 4.78 is 0. The van der Waals surface area contributed by atoms with E-state index in [1.54, 1.807) is 6.08 Å². The van der Waals surface area contributed by atoms with E-state index in [1.165, 1.54) is 0 Å². The molecular formula is C24H26N4O. The first-order valence-corrected chi connectivity index (χ1v) is 10.1. The number of nitrogens with zero attached hydrogens (tertiary/aromatic N) is 3. The Bertz CT molecular complexity index is 1010. The highest BCUT2D eigenvalue weighted by atomic mass is 16.1. The first-order chi connectivity index (χ1) is 14.2. The van der Waals surface area contributed by atoms with Crippen molar-refractivity contribution in [1.29, 1.82) is 0 Å². The molecule has 2 heterocycles. The summed E-state index contributed by atoms with van der Waals surface area (Å²) in [7, 11) is 0. The van der Waals surface area contributed by atoms with E-state index in [-0.39, 0.29) is 5.91 Å². The van der Waals surface area contributed by atoms with Crippen molar-refractivity contribution in [3.63, 3.8) is 0 Å². The van der Waals surface area contributed by atoms with Gasteiger partial charge in [-0.3, -0.25) is 4.79 Å². The minimum absolute atomic E-state index is 0.147. The molecule has 1 fully saturated rings. The molecule has 29 heavy (non-hydrogen) atoms. The average Bonchev–Trinajstić information content (AvgIpc) is 2.78. The van der Waals surface area contributed by atoms with Crippen LogP contribution in [0, 0.1) is 0 Å². The van der Waals surface area contributed by atoms with Crippen LogP contribution < -0.4 is 10.2 Å². The number of aromatic nitrogens is 1. The van der Waals surface area contributed by atoms with Crippen molar-refractivity contribution in [2.75, 3.05) is 42.9 Å². The predicted molar refractivity (Wildman–Crippen MR) is 120 cm³/mol. The third-order valence-corrected chi connectivity index (χ3v) is 5.31. The Labute approximate surface area is 171 Å². The van der Waals surface area contributed by atoms with Gasteiger partial charge in [0, 0.05) is 43.3 Å². The molecule has 0 saturated carbocycles. The summed E-state index contributed by atoms with van der Waals surface area (Å²) in [5.74, 6) is 0.877. The molecule has 5 heteroatoms. The number of fused-ring (bicyclic) bond motifs is 1. The lowest BCUT2D eigenvalue weighted by atomic mass is 10.2. The van der Waals surface area contributed by atoms with Gasteiger partial charge in [-0.15, -0.1) is 0 Å². The highest BCUT2D eigenvalue weighted by Gasteiger charge is 2.16. The third-order valence-electron chi connectivity index (χ3n) is 5.31. The van der Waals surface area contributed by atoms with Crippen LogP contribution in [0.2, 0.25) is 0 Å². The van der Waals surface area contributed by atoms with Crippen LogP contribution in [-0.2, 0) is 4.79 Å². The van der Waals surface area contributed by atoms with Gasteiger partial charge in [0.15, 0.2) is 0 Å². The number of benzene rings is 2. The zero-order valence-electron chi connectivity index (χ0n) is 16.7. The lowest BCUT2D eigenvalue weighted by molar-refractivity contribution is -0.111. The van der Waals surface area contributed by atoms with Gasteiger partial charge < -0.3 is 15.1 Å². The zero-order chi connectivity index (χ0) is 20.1. The number of rotatable bonds is 5. The van der Waals surface area contributed by atoms with Crippen LogP contribution in [-0.4, -0.2) is 48.5 Å². The number of piperazine rings is 1. The number of hydrogen-bond donors (Lipinski definition) is 1. The van der Waals surface area contributed by atoms with Crippen molar-refractivity contribution in [2.45, 2.75) is 6.92 Å². The molecule has 148 valence electrons. The maximum Gasteiger partial charge on any atom is 0.248 e. The van der Waals surface area contributed by atoms with Gasteiger partial charge in [0.05, 0.1) is 5.52 Å². The summed E-state index contributed by atoms with van der Waals surface area (Å²) in [5, 5.41) is 3.94. The molecule has 1 amide bonds. The molecule has 0 bridgehead atoms. The summed E-state index contributed by atoms with van der Waals surface area (Å²) in [6.07, 6.45) is 3.36. The Morgan fingerprint density at radius 1 is 1.03 bits per heavy atom. The van der Waals surface area contributed by atoms with Gasteiger partial charge in [-0.25, -0.2) is 4.98 Å². The van der Waals surface area contributed by atoms with E-state index in [0.29, 0.717) is 0 Å². The predicted octanol–water partition coefficient (Wildman–Crippen LogP) is 4.03. The zero-order valence-corrected chi connectivity index (χ0v) is 16.7. The Morgan fingerprint density at radius 2 is 1.83 bits per heavy atom. The maximum atomic E-state index is 12.2. The summed E-state index contributed by atoms with van der Waals surface area (Å²) in [6.45, 7) is 7.49. The number of hydrogen-bond acceptors (Lipinski definition) is 4. The highest BCUT2D eigenvalue weighted by Crippen LogP contribution is 2.22. The number of carbonyl (C=O) groups is 1. The van der Waals surface area contributed by atoms with Crippen molar-refractivity contribution in [1.82, 2.24) is 9.88 Å². The molecule has 3 aromatic rings. The number of likely N-dealkylation sites (N-methyl/N-ethyl adjacent to an activating group) is 1. The van der Waals surface area contributed by atoms with Gasteiger partial charge in [0.2, 0.25) is 5.91 Å². The minimum Gasteiger partial charge on any atom is -0.354 e. The number of pyridine rings is 1. The molecule has 0 unspecified atom stereocenters. The second kappa shape index (κ2) is 8.88. The Morgan fingerprint density at radius 3 is 2.59 bits per heavy atom. The Balaban J connectivity index is 1.43. The molecule has 1 aromatic heterocycles. The summed E-state index contributed by atoms with van der Waals surface area (Å²) in [4.78, 5) is 21.8. The largest absolute Gasteiger partial charge is 0.354 e. The molecule has 1 aliphatic heterocycles. The van der Waals surface area contributed by atoms with Crippen LogP contribution in [0.1, 0.15) is 12.5 Å². The molecule has 0 aliphatic carbocycles. The fraction of sp³-hybridized carbons (Fsp3) is 0.250. The summed E-state index contributed by atoms with van der Waals surface area (Å²) in [6, 6.07) is 19.8. The topological polar surface area (TPSA) is 48.5 Å². The van der Waals surface area contributed by atoms with E-state index < -0.39 is 0 Å². The number of carbonyl (C=O) groups excluding carboxylic acids is 1. The lowest BCUT2D eigenvalue weighted by Crippen LogP contribution is -2.46. The maximum absolute atomic E-state index is 12.2. The quantitative estimate of drug-likeness (QED) is 0.673. The van der Waals surface area contributed by atoms with Gasteiger partial charge in [-0.1, -0.05) is 37.3 Å². The molecule has 1 N–H and O–H groups in total. The normalized spacial score (nSPS) is 15.1. The minimum atomic E-state index is -0.147. The van der Waals surface area contributed by atoms with Crippen LogP contribution in [0.4, 0.5) is 11.5 Å². The molecule has 1 saturated heterocycles. The van der Waals surface area contributed by atoms with E-state index in [0.717, 1.165) is 60.7 Å². The molecular weight excluding hydrogens is 360 g/mol. The average molecular weight is 386 g/mol. The lowest BCUT2D eigenvalue weighted by Gasteiger charge is -2.34. The first kappa shape index (κ1) is 19.2. The van der Waals surface area contributed by atoms with Crippen LogP contribution in [0.25, 0.3) is 17.0 Å². The molecule has 0 radical (unpaired) electrons. The highest BCUT2D eigenvalue weighted by molar-refractivity contribution is 6.03. The number of amides is 1. The standard InChI is InChI=1S/C24H26N4O/c1-2-27-14-16-28(17-15-27)23-12-9-20-18-21(10-11-22(20)26-23)25-24(29)13-8-19-6-4-3-5-7-19/h3-13,18H,2,14-17H2,1H3,(H,25,29). The van der Waals surface area contributed by atoms with E-state index in [1.807, 2.05) is 54.6 Å². The molecule has 2 aromatic carbocycles. The van der Waals surface area contributed by atoms with E-state index in [2.05, 4.69) is 34.2 Å². The smallest absolute Gasteiger partial charge is 0.248 e. The number of anilines is 2. The van der Waals surface area contributed by atoms with Crippen molar-refractivity contribution in [3.8, 4) is 0 Å². The SMILES string of the molecule is CCN1CCN(c2ccc3cc(NC(=O)C=Cc4ccccc4)ccc3n2)CC1. The van der Waals surface area contributed by atoms with Crippen molar-refractivity contribution in [3.05, 3.63) is 72.3 Å². The van der Waals surface area contributed by atoms with E-state index in [4.69, 9.17) is 4.98 Å². The second-order valence-corrected chi connectivity index (χ2v) is 7.23. The van der Waals surface area contributed by atoms with Crippen LogP contribution >= 0.6 is 0 Å². The first-order valence-electron chi connectivity index (χ1n) is 10.1. The Kier molecular flexibility index (Phi) is 5.86. The molecule has 1 aliphatic rings. The van der Waals surface area contributed by atoms with Gasteiger partial charge in [0.25, 0.3) is 0 Å². The van der Waals surface area contributed by atoms with E-state index in [9.17, 15) is 4.79 Å². The van der Waals surface area contributed by atoms with Crippen LogP contribution in [0.5, 0.6) is 0 Å². The third kappa shape index (κ3) is 4.81. The fourth-order valence-corrected chi connectivity index (χ4v) is 3.58. The van der Waals surface area contributed by atoms with Gasteiger partial charge >= 0.3 is 0 Å². The Hall–Kier alpha value is -3.18. The van der Waals surface area contributed by atoms with Crippen LogP contribution in [0.15, 0.2) is 66.7 Å². The second-order valence-electron chi connectivity index (χ2n) is 7.23. The van der Waals surface area contributed by atoms with E-state index >= 15 is 0 Å². The molecule has 0 atom stereocenters. The van der Waals surface area contributed by atoms with Gasteiger partial charge in [-0.2, -0.15) is 0 Å². The molecule has 5 nitrogen and oxygen atoms in total. The molecule has 4 rings (SSSR count). The van der Waals surface area contributed by atoms with Crippen molar-refractivity contribution < 1.29 is 4.79 Å². The monoisotopic (exact) mass is 386 g/mol. The van der Waals surface area contributed by atoms with Crippen molar-refractivity contribution >= 4 is 34.4 Å². The number of nitrogens with one attached hydrogen (secondary N) is 1. The van der Waals surface area contributed by atoms with Gasteiger partial charge in [-0.05, 0) is 48.5 Å². The van der Waals surface area contributed by atoms with Crippen LogP contribution in [0.3, 0.4) is 0 Å². The van der Waals surface area contributed by atoms with Crippen molar-refractivity contribution in [2.24, 2.45) is 0 Å². The summed E-state index contributed by atoms with van der Waals surface area (Å²) >= 11 is 0. The van der Waals surface area contributed by atoms with Gasteiger partial charge in [0.1, 0.15) is 5.82 Å².